The van der Waals surface area contributed by atoms with Crippen LogP contribution >= 0.6 is 39.7 Å². The molecule has 0 fully saturated rings. The number of benzene rings is 2. The minimum absolute atomic E-state index is 0.0351. The van der Waals surface area contributed by atoms with Gasteiger partial charge in [-0.1, -0.05) is 27.5 Å². The van der Waals surface area contributed by atoms with Crippen LogP contribution in [0.5, 0.6) is 0 Å². The maximum Gasteiger partial charge on any atom is 0.238 e. The highest BCUT2D eigenvalue weighted by atomic mass is 79.9. The summed E-state index contributed by atoms with van der Waals surface area (Å²) in [5.74, 6) is 0. The number of hydrogen-bond acceptors (Lipinski definition) is 3. The highest BCUT2D eigenvalue weighted by Gasteiger charge is 2.08. The van der Waals surface area contributed by atoms with Crippen LogP contribution in [0.15, 0.2) is 51.8 Å². The van der Waals surface area contributed by atoms with E-state index in [1.807, 2.05) is 6.07 Å². The predicted octanol–water partition coefficient (Wildman–Crippen LogP) is 3.56. The lowest BCUT2D eigenvalue weighted by Crippen LogP contribution is -2.19. The third kappa shape index (κ3) is 4.65. The summed E-state index contributed by atoms with van der Waals surface area (Å²) < 4.78 is 23.2. The Morgan fingerprint density at radius 3 is 2.32 bits per heavy atom. The molecule has 2 aromatic carbocycles. The topological polar surface area (TPSA) is 84.2 Å². The van der Waals surface area contributed by atoms with Crippen LogP contribution in [0.25, 0.3) is 0 Å². The molecule has 0 radical (unpaired) electrons. The summed E-state index contributed by atoms with van der Waals surface area (Å²) in [4.78, 5) is 0.0351. The van der Waals surface area contributed by atoms with Crippen LogP contribution in [0.3, 0.4) is 0 Å². The van der Waals surface area contributed by atoms with Gasteiger partial charge in [0.25, 0.3) is 0 Å². The molecule has 0 aliphatic carbocycles. The largest absolute Gasteiger partial charge is 0.332 e. The van der Waals surface area contributed by atoms with Gasteiger partial charge in [-0.05, 0) is 54.7 Å². The Hall–Kier alpha value is -1.19. The third-order valence-electron chi connectivity index (χ3n) is 2.62. The van der Waals surface area contributed by atoms with Crippen LogP contribution in [-0.2, 0) is 10.0 Å². The van der Waals surface area contributed by atoms with Gasteiger partial charge in [0, 0.05) is 10.2 Å². The second-order valence-corrected chi connectivity index (χ2v) is 7.57. The molecule has 0 heterocycles. The molecular formula is C13H11BrClN3O2S2. The molecule has 9 heteroatoms. The highest BCUT2D eigenvalue weighted by molar-refractivity contribution is 9.10. The summed E-state index contributed by atoms with van der Waals surface area (Å²) in [6.45, 7) is 0. The first-order chi connectivity index (χ1) is 10.3. The van der Waals surface area contributed by atoms with E-state index in [1.165, 1.54) is 12.1 Å². The minimum Gasteiger partial charge on any atom is -0.332 e. The van der Waals surface area contributed by atoms with E-state index in [-0.39, 0.29) is 4.90 Å². The molecule has 0 bridgehead atoms. The lowest BCUT2D eigenvalue weighted by Gasteiger charge is -2.12. The van der Waals surface area contributed by atoms with Crippen LogP contribution in [0.1, 0.15) is 0 Å². The van der Waals surface area contributed by atoms with Crippen molar-refractivity contribution >= 4 is 66.3 Å². The average Bonchev–Trinajstić information content (AvgIpc) is 2.41. The molecule has 0 aromatic heterocycles. The Balaban J connectivity index is 2.06. The fraction of sp³-hybridized carbons (Fsp3) is 0. The standard InChI is InChI=1S/C13H11BrClN3O2S2/c14-8-1-6-12(11(15)7-8)18-13(21)17-9-2-4-10(5-3-9)22(16,19)20/h1-7H,(H2,16,19,20)(H2,17,18,21). The molecule has 2 aromatic rings. The molecular weight excluding hydrogens is 410 g/mol. The monoisotopic (exact) mass is 419 g/mol. The van der Waals surface area contributed by atoms with E-state index < -0.39 is 10.0 Å². The van der Waals surface area contributed by atoms with Crippen LogP contribution in [0.2, 0.25) is 5.02 Å². The van der Waals surface area contributed by atoms with E-state index in [4.69, 9.17) is 29.0 Å². The molecule has 0 atom stereocenters. The van der Waals surface area contributed by atoms with Gasteiger partial charge in [-0.2, -0.15) is 0 Å². The maximum atomic E-state index is 11.2. The van der Waals surface area contributed by atoms with Gasteiger partial charge in [-0.3, -0.25) is 0 Å². The van der Waals surface area contributed by atoms with Gasteiger partial charge in [0.15, 0.2) is 5.11 Å². The number of nitrogens with one attached hydrogen (secondary N) is 2. The molecule has 0 aliphatic heterocycles. The fourth-order valence-electron chi connectivity index (χ4n) is 1.60. The van der Waals surface area contributed by atoms with Crippen molar-refractivity contribution in [1.29, 1.82) is 0 Å². The van der Waals surface area contributed by atoms with E-state index >= 15 is 0 Å². The van der Waals surface area contributed by atoms with Crippen molar-refractivity contribution in [3.63, 3.8) is 0 Å². The van der Waals surface area contributed by atoms with Crippen molar-refractivity contribution in [3.05, 3.63) is 52.0 Å². The molecule has 22 heavy (non-hydrogen) atoms. The van der Waals surface area contributed by atoms with Gasteiger partial charge in [0.2, 0.25) is 10.0 Å². The number of rotatable bonds is 3. The number of halogens is 2. The molecule has 0 saturated carbocycles. The molecule has 0 unspecified atom stereocenters. The molecule has 4 N–H and O–H groups in total. The van der Waals surface area contributed by atoms with Gasteiger partial charge >= 0.3 is 0 Å². The Bertz CT molecular complexity index is 811. The Morgan fingerprint density at radius 1 is 1.14 bits per heavy atom. The predicted molar refractivity (Wildman–Crippen MR) is 96.8 cm³/mol. The fourth-order valence-corrected chi connectivity index (χ4v) is 3.07. The lowest BCUT2D eigenvalue weighted by molar-refractivity contribution is 0.598. The molecule has 0 spiro atoms. The Labute approximate surface area is 147 Å². The summed E-state index contributed by atoms with van der Waals surface area (Å²) >= 11 is 14.6. The zero-order valence-electron chi connectivity index (χ0n) is 11.0. The number of primary sulfonamides is 1. The van der Waals surface area contributed by atoms with Crippen molar-refractivity contribution in [2.45, 2.75) is 4.90 Å². The number of anilines is 2. The van der Waals surface area contributed by atoms with Gasteiger partial charge in [-0.25, -0.2) is 13.6 Å². The summed E-state index contributed by atoms with van der Waals surface area (Å²) in [5, 5.41) is 11.8. The van der Waals surface area contributed by atoms with Crippen molar-refractivity contribution in [2.75, 3.05) is 10.6 Å². The highest BCUT2D eigenvalue weighted by Crippen LogP contribution is 2.25. The quantitative estimate of drug-likeness (QED) is 0.661. The van der Waals surface area contributed by atoms with Crippen molar-refractivity contribution in [2.24, 2.45) is 5.14 Å². The lowest BCUT2D eigenvalue weighted by atomic mass is 10.3. The summed E-state index contributed by atoms with van der Waals surface area (Å²) in [6.07, 6.45) is 0. The molecule has 0 aliphatic rings. The van der Waals surface area contributed by atoms with Crippen molar-refractivity contribution < 1.29 is 8.42 Å². The van der Waals surface area contributed by atoms with E-state index in [0.29, 0.717) is 21.5 Å². The zero-order chi connectivity index (χ0) is 16.3. The number of thiocarbonyl (C=S) groups is 1. The second kappa shape index (κ2) is 6.93. The van der Waals surface area contributed by atoms with Gasteiger partial charge < -0.3 is 10.6 Å². The average molecular weight is 421 g/mol. The second-order valence-electron chi connectivity index (χ2n) is 4.27. The molecule has 2 rings (SSSR count). The molecule has 116 valence electrons. The summed E-state index contributed by atoms with van der Waals surface area (Å²) in [7, 11) is -3.70. The van der Waals surface area contributed by atoms with Crippen molar-refractivity contribution in [3.8, 4) is 0 Å². The minimum atomic E-state index is -3.70. The summed E-state index contributed by atoms with van der Waals surface area (Å²) in [6, 6.07) is 11.3. The summed E-state index contributed by atoms with van der Waals surface area (Å²) in [5.41, 5.74) is 1.28. The smallest absolute Gasteiger partial charge is 0.238 e. The Kier molecular flexibility index (Phi) is 5.41. The normalized spacial score (nSPS) is 11.0. The van der Waals surface area contributed by atoms with Crippen molar-refractivity contribution in [1.82, 2.24) is 0 Å². The van der Waals surface area contributed by atoms with E-state index in [1.54, 1.807) is 24.3 Å². The van der Waals surface area contributed by atoms with E-state index in [0.717, 1.165) is 4.47 Å². The molecule has 0 saturated heterocycles. The van der Waals surface area contributed by atoms with Crippen LogP contribution in [-0.4, -0.2) is 13.5 Å². The number of sulfonamides is 1. The molecule has 0 amide bonds. The third-order valence-corrected chi connectivity index (χ3v) is 4.56. The van der Waals surface area contributed by atoms with Gasteiger partial charge in [-0.15, -0.1) is 0 Å². The van der Waals surface area contributed by atoms with E-state index in [2.05, 4.69) is 26.6 Å². The van der Waals surface area contributed by atoms with E-state index in [9.17, 15) is 8.42 Å². The Morgan fingerprint density at radius 2 is 1.77 bits per heavy atom. The van der Waals surface area contributed by atoms with Crippen LogP contribution < -0.4 is 15.8 Å². The maximum absolute atomic E-state index is 11.2. The SMILES string of the molecule is NS(=O)(=O)c1ccc(NC(=S)Nc2ccc(Br)cc2Cl)cc1. The van der Waals surface area contributed by atoms with Gasteiger partial charge in [0.1, 0.15) is 0 Å². The zero-order valence-corrected chi connectivity index (χ0v) is 15.0. The van der Waals surface area contributed by atoms with Crippen LogP contribution in [0, 0.1) is 0 Å². The number of hydrogen-bond donors (Lipinski definition) is 3. The van der Waals surface area contributed by atoms with Gasteiger partial charge in [0.05, 0.1) is 15.6 Å². The first-order valence-electron chi connectivity index (χ1n) is 5.91. The first kappa shape index (κ1) is 17.2. The molecule has 5 nitrogen and oxygen atoms in total. The first-order valence-corrected chi connectivity index (χ1v) is 9.04. The van der Waals surface area contributed by atoms with Crippen LogP contribution in [0.4, 0.5) is 11.4 Å². The number of nitrogens with two attached hydrogens (primary N) is 1.